The molecule has 1 N–H and O–H groups in total. The zero-order valence-corrected chi connectivity index (χ0v) is 19.5. The molecule has 0 saturated carbocycles. The number of nitrogens with zero attached hydrogens (tertiary/aromatic N) is 4. The van der Waals surface area contributed by atoms with Crippen LogP contribution in [0.1, 0.15) is 46.1 Å². The summed E-state index contributed by atoms with van der Waals surface area (Å²) in [5.74, 6) is 1.41. The van der Waals surface area contributed by atoms with Gasteiger partial charge in [0.2, 0.25) is 5.91 Å². The van der Waals surface area contributed by atoms with Crippen LogP contribution in [0.3, 0.4) is 0 Å². The van der Waals surface area contributed by atoms with Gasteiger partial charge in [-0.05, 0) is 56.4 Å². The monoisotopic (exact) mass is 443 g/mol. The van der Waals surface area contributed by atoms with Crippen molar-refractivity contribution in [2.75, 3.05) is 6.61 Å². The smallest absolute Gasteiger partial charge is 0.252 e. The highest BCUT2D eigenvalue weighted by atomic mass is 16.5. The van der Waals surface area contributed by atoms with Gasteiger partial charge in [-0.1, -0.05) is 48.5 Å². The standard InChI is InChI=1S/C26H29N5O2/c1-17-9-8-10-18(2)25(17)33-15-23(21-11-6-5-7-12-21)30-24(32)14-13-22-19(3)29-26-27-16-28-31(26)20(22)4/h5-12,16,23H,13-15H2,1-4H3,(H,30,32). The largest absolute Gasteiger partial charge is 0.491 e. The van der Waals surface area contributed by atoms with E-state index in [1.165, 1.54) is 6.33 Å². The van der Waals surface area contributed by atoms with Crippen LogP contribution < -0.4 is 10.1 Å². The van der Waals surface area contributed by atoms with Gasteiger partial charge in [0.05, 0.1) is 6.04 Å². The minimum atomic E-state index is -0.254. The van der Waals surface area contributed by atoms with Crippen molar-refractivity contribution >= 4 is 11.7 Å². The fourth-order valence-electron chi connectivity index (χ4n) is 4.12. The molecule has 2 aromatic heterocycles. The first-order valence-electron chi connectivity index (χ1n) is 11.1. The number of aromatic nitrogens is 4. The molecule has 0 aliphatic carbocycles. The van der Waals surface area contributed by atoms with E-state index in [9.17, 15) is 4.79 Å². The normalized spacial score (nSPS) is 12.0. The summed E-state index contributed by atoms with van der Waals surface area (Å²) in [7, 11) is 0. The SMILES string of the molecule is Cc1cccc(C)c1OCC(NC(=O)CCc1c(C)nc2ncnn2c1C)c1ccccc1. The van der Waals surface area contributed by atoms with E-state index in [1.54, 1.807) is 4.52 Å². The second-order valence-electron chi connectivity index (χ2n) is 8.30. The maximum absolute atomic E-state index is 13.0. The fourth-order valence-corrected chi connectivity index (χ4v) is 4.12. The summed E-state index contributed by atoms with van der Waals surface area (Å²) in [5.41, 5.74) is 6.02. The summed E-state index contributed by atoms with van der Waals surface area (Å²) in [5, 5.41) is 7.39. The van der Waals surface area contributed by atoms with Gasteiger partial charge in [-0.25, -0.2) is 9.50 Å². The molecule has 2 heterocycles. The van der Waals surface area contributed by atoms with E-state index in [-0.39, 0.29) is 11.9 Å². The minimum absolute atomic E-state index is 0.0357. The number of aryl methyl sites for hydroxylation is 4. The lowest BCUT2D eigenvalue weighted by molar-refractivity contribution is -0.122. The van der Waals surface area contributed by atoms with Crippen molar-refractivity contribution in [2.45, 2.75) is 46.6 Å². The van der Waals surface area contributed by atoms with Crippen LogP contribution in [-0.2, 0) is 11.2 Å². The van der Waals surface area contributed by atoms with Gasteiger partial charge in [0.25, 0.3) is 5.78 Å². The number of nitrogens with one attached hydrogen (secondary N) is 1. The molecule has 0 saturated heterocycles. The Balaban J connectivity index is 1.46. The highest BCUT2D eigenvalue weighted by Gasteiger charge is 2.18. The molecular formula is C26H29N5O2. The molecule has 7 heteroatoms. The predicted octanol–water partition coefficient (Wildman–Crippen LogP) is 4.23. The number of para-hydroxylation sites is 1. The summed E-state index contributed by atoms with van der Waals surface area (Å²) in [4.78, 5) is 21.6. The Labute approximate surface area is 193 Å². The number of fused-ring (bicyclic) bond motifs is 1. The van der Waals surface area contributed by atoms with Crippen LogP contribution in [0.2, 0.25) is 0 Å². The van der Waals surface area contributed by atoms with E-state index >= 15 is 0 Å². The number of carbonyl (C=O) groups is 1. The van der Waals surface area contributed by atoms with Crippen LogP contribution in [0, 0.1) is 27.7 Å². The first kappa shape index (κ1) is 22.5. The van der Waals surface area contributed by atoms with Gasteiger partial charge in [0.15, 0.2) is 0 Å². The zero-order chi connectivity index (χ0) is 23.4. The van der Waals surface area contributed by atoms with E-state index < -0.39 is 0 Å². The van der Waals surface area contributed by atoms with Crippen molar-refractivity contribution < 1.29 is 9.53 Å². The number of hydrogen-bond acceptors (Lipinski definition) is 5. The molecule has 1 amide bonds. The Hall–Kier alpha value is -3.74. The van der Waals surface area contributed by atoms with Crippen LogP contribution in [0.25, 0.3) is 5.78 Å². The summed E-state index contributed by atoms with van der Waals surface area (Å²) in [6, 6.07) is 15.8. The Bertz CT molecular complexity index is 1250. The van der Waals surface area contributed by atoms with Crippen LogP contribution >= 0.6 is 0 Å². The van der Waals surface area contributed by atoms with Gasteiger partial charge in [0, 0.05) is 17.8 Å². The molecule has 7 nitrogen and oxygen atoms in total. The van der Waals surface area contributed by atoms with Gasteiger partial charge in [-0.3, -0.25) is 4.79 Å². The Morgan fingerprint density at radius 3 is 2.48 bits per heavy atom. The molecule has 1 atom stereocenters. The maximum Gasteiger partial charge on any atom is 0.252 e. The quantitative estimate of drug-likeness (QED) is 0.441. The lowest BCUT2D eigenvalue weighted by Crippen LogP contribution is -2.32. The molecule has 0 aliphatic heterocycles. The van der Waals surface area contributed by atoms with Gasteiger partial charge in [-0.2, -0.15) is 10.1 Å². The summed E-state index contributed by atoms with van der Waals surface area (Å²) >= 11 is 0. The Kier molecular flexibility index (Phi) is 6.68. The van der Waals surface area contributed by atoms with Crippen LogP contribution in [0.5, 0.6) is 5.75 Å². The first-order chi connectivity index (χ1) is 15.9. The molecule has 0 spiro atoms. The van der Waals surface area contributed by atoms with Gasteiger partial charge in [-0.15, -0.1) is 0 Å². The minimum Gasteiger partial charge on any atom is -0.491 e. The molecule has 2 aromatic carbocycles. The average molecular weight is 444 g/mol. The van der Waals surface area contributed by atoms with Crippen molar-refractivity contribution in [2.24, 2.45) is 0 Å². The lowest BCUT2D eigenvalue weighted by Gasteiger charge is -2.21. The molecule has 4 rings (SSSR count). The van der Waals surface area contributed by atoms with E-state index in [2.05, 4.69) is 20.4 Å². The molecular weight excluding hydrogens is 414 g/mol. The maximum atomic E-state index is 13.0. The topological polar surface area (TPSA) is 81.4 Å². The third kappa shape index (κ3) is 5.03. The number of rotatable bonds is 8. The second-order valence-corrected chi connectivity index (χ2v) is 8.30. The number of benzene rings is 2. The predicted molar refractivity (Wildman–Crippen MR) is 127 cm³/mol. The van der Waals surface area contributed by atoms with Gasteiger partial charge >= 0.3 is 0 Å². The molecule has 170 valence electrons. The van der Waals surface area contributed by atoms with E-state index in [4.69, 9.17) is 4.74 Å². The van der Waals surface area contributed by atoms with Crippen molar-refractivity contribution in [3.63, 3.8) is 0 Å². The highest BCUT2D eigenvalue weighted by Crippen LogP contribution is 2.24. The van der Waals surface area contributed by atoms with Crippen molar-refractivity contribution in [1.29, 1.82) is 0 Å². The van der Waals surface area contributed by atoms with Crippen molar-refractivity contribution in [1.82, 2.24) is 24.9 Å². The Morgan fingerprint density at radius 1 is 1.03 bits per heavy atom. The number of amides is 1. The molecule has 0 radical (unpaired) electrons. The average Bonchev–Trinajstić information content (AvgIpc) is 3.27. The van der Waals surface area contributed by atoms with Crippen molar-refractivity contribution in [3.8, 4) is 5.75 Å². The number of ether oxygens (including phenoxy) is 1. The van der Waals surface area contributed by atoms with Crippen LogP contribution in [0.15, 0.2) is 54.9 Å². The number of carbonyl (C=O) groups excluding carboxylic acids is 1. The van der Waals surface area contributed by atoms with E-state index in [0.717, 1.165) is 39.4 Å². The molecule has 0 bridgehead atoms. The summed E-state index contributed by atoms with van der Waals surface area (Å²) < 4.78 is 7.90. The molecule has 0 aliphatic rings. The van der Waals surface area contributed by atoms with Crippen LogP contribution in [-0.4, -0.2) is 32.1 Å². The fraction of sp³-hybridized carbons (Fsp3) is 0.308. The third-order valence-corrected chi connectivity index (χ3v) is 5.93. The number of hydrogen-bond donors (Lipinski definition) is 1. The van der Waals surface area contributed by atoms with Crippen LogP contribution in [0.4, 0.5) is 0 Å². The molecule has 0 fully saturated rings. The lowest BCUT2D eigenvalue weighted by atomic mass is 10.0. The van der Waals surface area contributed by atoms with E-state index in [0.29, 0.717) is 25.2 Å². The Morgan fingerprint density at radius 2 is 1.76 bits per heavy atom. The molecule has 4 aromatic rings. The highest BCUT2D eigenvalue weighted by molar-refractivity contribution is 5.76. The molecule has 1 unspecified atom stereocenters. The zero-order valence-electron chi connectivity index (χ0n) is 19.5. The van der Waals surface area contributed by atoms with E-state index in [1.807, 2.05) is 76.2 Å². The summed E-state index contributed by atoms with van der Waals surface area (Å²) in [6.45, 7) is 8.34. The van der Waals surface area contributed by atoms with Gasteiger partial charge < -0.3 is 10.1 Å². The first-order valence-corrected chi connectivity index (χ1v) is 11.1. The second kappa shape index (κ2) is 9.81. The van der Waals surface area contributed by atoms with Crippen molar-refractivity contribution in [3.05, 3.63) is 88.5 Å². The third-order valence-electron chi connectivity index (χ3n) is 5.93. The molecule has 33 heavy (non-hydrogen) atoms. The van der Waals surface area contributed by atoms with Gasteiger partial charge in [0.1, 0.15) is 18.7 Å². The summed E-state index contributed by atoms with van der Waals surface area (Å²) in [6.07, 6.45) is 2.41.